The van der Waals surface area contributed by atoms with Crippen LogP contribution in [0.4, 0.5) is 0 Å². The van der Waals surface area contributed by atoms with Gasteiger partial charge < -0.3 is 20.3 Å². The van der Waals surface area contributed by atoms with Gasteiger partial charge in [-0.25, -0.2) is 0 Å². The number of hydrogen-bond acceptors (Lipinski definition) is 5. The number of aliphatic hydroxyl groups excluding tert-OH is 2. The lowest BCUT2D eigenvalue weighted by Gasteiger charge is -2.22. The van der Waals surface area contributed by atoms with Crippen molar-refractivity contribution in [1.29, 1.82) is 0 Å². The molecule has 0 heterocycles. The van der Waals surface area contributed by atoms with Gasteiger partial charge in [-0.1, -0.05) is 251 Å². The lowest BCUT2D eigenvalue weighted by Crippen LogP contribution is -2.45. The van der Waals surface area contributed by atoms with E-state index in [9.17, 15) is 19.8 Å². The topological polar surface area (TPSA) is 95.9 Å². The van der Waals surface area contributed by atoms with Crippen LogP contribution in [0.15, 0.2) is 12.2 Å². The van der Waals surface area contributed by atoms with Gasteiger partial charge in [0.25, 0.3) is 0 Å². The second-order valence-corrected chi connectivity index (χ2v) is 18.9. The van der Waals surface area contributed by atoms with Crippen molar-refractivity contribution in [3.05, 3.63) is 12.2 Å². The van der Waals surface area contributed by atoms with Gasteiger partial charge in [0.1, 0.15) is 0 Å². The summed E-state index contributed by atoms with van der Waals surface area (Å²) in [6.07, 6.45) is 59.1. The summed E-state index contributed by atoms with van der Waals surface area (Å²) < 4.78 is 5.43. The highest BCUT2D eigenvalue weighted by Crippen LogP contribution is 2.17. The van der Waals surface area contributed by atoms with Gasteiger partial charge in [0.15, 0.2) is 0 Å². The maximum atomic E-state index is 12.5. The first-order chi connectivity index (χ1) is 30.0. The Hall–Kier alpha value is -1.40. The van der Waals surface area contributed by atoms with Gasteiger partial charge in [-0.15, -0.1) is 0 Å². The normalized spacial score (nSPS) is 12.7. The van der Waals surface area contributed by atoms with Gasteiger partial charge in [-0.05, 0) is 51.4 Å². The third kappa shape index (κ3) is 47.9. The highest BCUT2D eigenvalue weighted by Gasteiger charge is 2.20. The Morgan fingerprint density at radius 2 is 0.770 bits per heavy atom. The van der Waals surface area contributed by atoms with Crippen molar-refractivity contribution in [3.63, 3.8) is 0 Å². The van der Waals surface area contributed by atoms with Crippen molar-refractivity contribution in [3.8, 4) is 0 Å². The summed E-state index contributed by atoms with van der Waals surface area (Å²) in [6, 6.07) is -0.562. The van der Waals surface area contributed by atoms with Gasteiger partial charge in [0, 0.05) is 12.8 Å². The molecule has 0 aliphatic rings. The van der Waals surface area contributed by atoms with Crippen LogP contribution in [0.2, 0.25) is 0 Å². The number of aliphatic hydroxyl groups is 2. The molecule has 0 rings (SSSR count). The number of carbonyl (C=O) groups is 2. The zero-order chi connectivity index (χ0) is 44.4. The molecule has 2 unspecified atom stereocenters. The van der Waals surface area contributed by atoms with Gasteiger partial charge >= 0.3 is 5.97 Å². The van der Waals surface area contributed by atoms with Crippen LogP contribution in [0.5, 0.6) is 0 Å². The van der Waals surface area contributed by atoms with E-state index in [0.29, 0.717) is 25.9 Å². The standard InChI is InChI=1S/C55H107NO5/c1-3-5-7-9-11-13-15-17-18-19-20-21-22-23-25-27-31-35-39-43-47-53(58)52(51-57)56-54(59)48-44-40-36-32-28-26-30-34-38-42-46-50-61-55(60)49-45-41-37-33-29-24-16-14-12-10-8-6-4-2/h30,34,52-53,57-58H,3-29,31-33,35-51H2,1-2H3,(H,56,59)/b34-30-. The van der Waals surface area contributed by atoms with E-state index in [2.05, 4.69) is 31.3 Å². The van der Waals surface area contributed by atoms with Crippen molar-refractivity contribution in [1.82, 2.24) is 5.32 Å². The summed E-state index contributed by atoms with van der Waals surface area (Å²) in [4.78, 5) is 24.5. The SMILES string of the molecule is CCCCCCCCCCCCCCCCCCCCCCC(O)C(CO)NC(=O)CCCCCCC/C=C\CCCCOC(=O)CCCCCCCCCCCCCCC. The molecule has 0 bridgehead atoms. The van der Waals surface area contributed by atoms with E-state index < -0.39 is 12.1 Å². The summed E-state index contributed by atoms with van der Waals surface area (Å²) in [5.74, 6) is -0.0899. The average Bonchev–Trinajstić information content (AvgIpc) is 3.26. The second kappa shape index (κ2) is 51.2. The Bertz CT molecular complexity index is 909. The average molecular weight is 862 g/mol. The van der Waals surface area contributed by atoms with E-state index in [-0.39, 0.29) is 18.5 Å². The van der Waals surface area contributed by atoms with Gasteiger partial charge in [-0.3, -0.25) is 9.59 Å². The van der Waals surface area contributed by atoms with Crippen LogP contribution in [0.25, 0.3) is 0 Å². The summed E-state index contributed by atoms with van der Waals surface area (Å²) in [5, 5.41) is 23.3. The van der Waals surface area contributed by atoms with Crippen LogP contribution in [-0.2, 0) is 14.3 Å². The molecule has 0 aliphatic heterocycles. The number of carbonyl (C=O) groups excluding carboxylic acids is 2. The molecule has 0 saturated heterocycles. The molecule has 2 atom stereocenters. The molecule has 0 saturated carbocycles. The van der Waals surface area contributed by atoms with Crippen LogP contribution in [0, 0.1) is 0 Å². The first-order valence-electron chi connectivity index (χ1n) is 27.4. The predicted molar refractivity (Wildman–Crippen MR) is 264 cm³/mol. The Kier molecular flexibility index (Phi) is 50.1. The lowest BCUT2D eigenvalue weighted by molar-refractivity contribution is -0.143. The van der Waals surface area contributed by atoms with Crippen molar-refractivity contribution in [2.45, 2.75) is 315 Å². The quantitative estimate of drug-likeness (QED) is 0.0322. The van der Waals surface area contributed by atoms with Gasteiger partial charge in [-0.2, -0.15) is 0 Å². The highest BCUT2D eigenvalue weighted by molar-refractivity contribution is 5.76. The molecule has 1 amide bonds. The maximum absolute atomic E-state index is 12.5. The molecule has 0 aliphatic carbocycles. The number of esters is 1. The second-order valence-electron chi connectivity index (χ2n) is 18.9. The lowest BCUT2D eigenvalue weighted by atomic mass is 10.0. The van der Waals surface area contributed by atoms with Crippen LogP contribution < -0.4 is 5.32 Å². The minimum absolute atomic E-state index is 0.0289. The molecule has 362 valence electrons. The van der Waals surface area contributed by atoms with Crippen molar-refractivity contribution in [2.24, 2.45) is 0 Å². The van der Waals surface area contributed by atoms with Crippen molar-refractivity contribution >= 4 is 11.9 Å². The fourth-order valence-corrected chi connectivity index (χ4v) is 8.58. The first-order valence-corrected chi connectivity index (χ1v) is 27.4. The third-order valence-corrected chi connectivity index (χ3v) is 12.8. The number of rotatable bonds is 51. The molecule has 0 aromatic carbocycles. The fourth-order valence-electron chi connectivity index (χ4n) is 8.58. The summed E-state index contributed by atoms with van der Waals surface area (Å²) >= 11 is 0. The molecular formula is C55H107NO5. The molecule has 6 nitrogen and oxygen atoms in total. The summed E-state index contributed by atoms with van der Waals surface area (Å²) in [6.45, 7) is 4.89. The molecule has 0 aromatic rings. The minimum Gasteiger partial charge on any atom is -0.466 e. The summed E-state index contributed by atoms with van der Waals surface area (Å²) in [7, 11) is 0. The summed E-state index contributed by atoms with van der Waals surface area (Å²) in [5.41, 5.74) is 0. The minimum atomic E-state index is -0.682. The number of allylic oxidation sites excluding steroid dienone is 2. The molecule has 0 spiro atoms. The molecule has 0 fully saturated rings. The fraction of sp³-hybridized carbons (Fsp3) is 0.927. The van der Waals surface area contributed by atoms with Crippen molar-refractivity contribution < 1.29 is 24.5 Å². The number of hydrogen-bond donors (Lipinski definition) is 3. The van der Waals surface area contributed by atoms with Crippen LogP contribution in [-0.4, -0.2) is 47.4 Å². The van der Waals surface area contributed by atoms with Crippen molar-refractivity contribution in [2.75, 3.05) is 13.2 Å². The van der Waals surface area contributed by atoms with E-state index >= 15 is 0 Å². The van der Waals surface area contributed by atoms with Crippen LogP contribution in [0.3, 0.4) is 0 Å². The van der Waals surface area contributed by atoms with Crippen LogP contribution in [0.1, 0.15) is 303 Å². The van der Waals surface area contributed by atoms with E-state index in [1.165, 1.54) is 193 Å². The Balaban J connectivity index is 3.50. The highest BCUT2D eigenvalue weighted by atomic mass is 16.5. The van der Waals surface area contributed by atoms with E-state index in [1.807, 2.05) is 0 Å². The molecular weight excluding hydrogens is 755 g/mol. The Labute approximate surface area is 380 Å². The molecule has 3 N–H and O–H groups in total. The molecule has 0 radical (unpaired) electrons. The van der Waals surface area contributed by atoms with E-state index in [4.69, 9.17) is 4.74 Å². The molecule has 6 heteroatoms. The zero-order valence-electron chi connectivity index (χ0n) is 41.2. The Morgan fingerprint density at radius 1 is 0.443 bits per heavy atom. The number of nitrogens with one attached hydrogen (secondary N) is 1. The number of unbranched alkanes of at least 4 members (excludes halogenated alkanes) is 38. The van der Waals surface area contributed by atoms with Gasteiger partial charge in [0.2, 0.25) is 5.91 Å². The zero-order valence-corrected chi connectivity index (χ0v) is 41.2. The number of amides is 1. The third-order valence-electron chi connectivity index (χ3n) is 12.8. The number of ether oxygens (including phenoxy) is 1. The smallest absolute Gasteiger partial charge is 0.305 e. The predicted octanol–water partition coefficient (Wildman–Crippen LogP) is 16.5. The molecule has 61 heavy (non-hydrogen) atoms. The van der Waals surface area contributed by atoms with Gasteiger partial charge in [0.05, 0.1) is 25.4 Å². The van der Waals surface area contributed by atoms with Crippen LogP contribution >= 0.6 is 0 Å². The molecule has 0 aromatic heterocycles. The maximum Gasteiger partial charge on any atom is 0.305 e. The largest absolute Gasteiger partial charge is 0.466 e. The monoisotopic (exact) mass is 862 g/mol. The Morgan fingerprint density at radius 3 is 1.16 bits per heavy atom. The first kappa shape index (κ1) is 59.6. The van der Waals surface area contributed by atoms with E-state index in [1.54, 1.807) is 0 Å². The van der Waals surface area contributed by atoms with E-state index in [0.717, 1.165) is 77.0 Å².